The van der Waals surface area contributed by atoms with Crippen LogP contribution >= 0.6 is 0 Å². The molecule has 0 saturated carbocycles. The summed E-state index contributed by atoms with van der Waals surface area (Å²) in [5.74, 6) is 0.000476. The topological polar surface area (TPSA) is 55.1 Å². The second-order valence-electron chi connectivity index (χ2n) is 3.91. The zero-order valence-corrected chi connectivity index (χ0v) is 9.63. The Kier molecular flexibility index (Phi) is 3.23. The SMILES string of the molecule is Cn1cc(-c2ccccc2)nc1CCC(=O)O. The highest BCUT2D eigenvalue weighted by Crippen LogP contribution is 2.18. The van der Waals surface area contributed by atoms with Crippen molar-refractivity contribution >= 4 is 5.97 Å². The molecule has 88 valence electrons. The number of aliphatic carboxylic acids is 1. The Bertz CT molecular complexity index is 517. The van der Waals surface area contributed by atoms with Crippen LogP contribution in [0.2, 0.25) is 0 Å². The fourth-order valence-corrected chi connectivity index (χ4v) is 1.70. The number of hydrogen-bond donors (Lipinski definition) is 1. The Morgan fingerprint density at radius 1 is 1.35 bits per heavy atom. The molecule has 0 fully saturated rings. The Morgan fingerprint density at radius 2 is 2.06 bits per heavy atom. The van der Waals surface area contributed by atoms with Gasteiger partial charge in [0.2, 0.25) is 0 Å². The van der Waals surface area contributed by atoms with Gasteiger partial charge in [0.15, 0.2) is 0 Å². The first-order valence-corrected chi connectivity index (χ1v) is 5.46. The van der Waals surface area contributed by atoms with Gasteiger partial charge in [-0.1, -0.05) is 30.3 Å². The quantitative estimate of drug-likeness (QED) is 0.875. The predicted molar refractivity (Wildman–Crippen MR) is 64.6 cm³/mol. The van der Waals surface area contributed by atoms with Gasteiger partial charge in [0.05, 0.1) is 12.1 Å². The Balaban J connectivity index is 2.22. The monoisotopic (exact) mass is 230 g/mol. The Labute approximate surface area is 99.5 Å². The van der Waals surface area contributed by atoms with Crippen molar-refractivity contribution < 1.29 is 9.90 Å². The van der Waals surface area contributed by atoms with Crippen molar-refractivity contribution in [2.75, 3.05) is 0 Å². The van der Waals surface area contributed by atoms with Crippen molar-refractivity contribution in [3.8, 4) is 11.3 Å². The van der Waals surface area contributed by atoms with Crippen LogP contribution in [0.3, 0.4) is 0 Å². The minimum absolute atomic E-state index is 0.110. The Morgan fingerprint density at radius 3 is 2.71 bits per heavy atom. The van der Waals surface area contributed by atoms with Crippen LogP contribution in [0.5, 0.6) is 0 Å². The van der Waals surface area contributed by atoms with Gasteiger partial charge in [-0.15, -0.1) is 0 Å². The number of carboxylic acid groups (broad SMARTS) is 1. The largest absolute Gasteiger partial charge is 0.481 e. The molecule has 0 atom stereocenters. The second-order valence-corrected chi connectivity index (χ2v) is 3.91. The first-order valence-electron chi connectivity index (χ1n) is 5.46. The van der Waals surface area contributed by atoms with E-state index in [1.807, 2.05) is 48.1 Å². The molecule has 1 N–H and O–H groups in total. The molecule has 1 heterocycles. The minimum Gasteiger partial charge on any atom is -0.481 e. The van der Waals surface area contributed by atoms with Gasteiger partial charge in [-0.25, -0.2) is 4.98 Å². The number of carboxylic acids is 1. The van der Waals surface area contributed by atoms with Gasteiger partial charge >= 0.3 is 5.97 Å². The molecular weight excluding hydrogens is 216 g/mol. The molecule has 0 radical (unpaired) electrons. The van der Waals surface area contributed by atoms with Gasteiger partial charge in [0.25, 0.3) is 0 Å². The van der Waals surface area contributed by atoms with E-state index in [1.165, 1.54) is 0 Å². The average molecular weight is 230 g/mol. The van der Waals surface area contributed by atoms with E-state index in [0.29, 0.717) is 6.42 Å². The zero-order valence-electron chi connectivity index (χ0n) is 9.63. The van der Waals surface area contributed by atoms with E-state index in [2.05, 4.69) is 4.98 Å². The molecule has 0 saturated heterocycles. The van der Waals surface area contributed by atoms with Gasteiger partial charge in [-0.2, -0.15) is 0 Å². The highest BCUT2D eigenvalue weighted by molar-refractivity contribution is 5.67. The molecule has 2 rings (SSSR count). The number of nitrogens with zero attached hydrogens (tertiary/aromatic N) is 2. The lowest BCUT2D eigenvalue weighted by Crippen LogP contribution is -2.02. The van der Waals surface area contributed by atoms with E-state index in [-0.39, 0.29) is 6.42 Å². The van der Waals surface area contributed by atoms with Crippen molar-refractivity contribution in [2.24, 2.45) is 7.05 Å². The lowest BCUT2D eigenvalue weighted by Gasteiger charge is -1.97. The summed E-state index contributed by atoms with van der Waals surface area (Å²) in [5, 5.41) is 8.65. The molecule has 0 bridgehead atoms. The number of aryl methyl sites for hydroxylation is 2. The summed E-state index contributed by atoms with van der Waals surface area (Å²) >= 11 is 0. The third-order valence-corrected chi connectivity index (χ3v) is 2.60. The summed E-state index contributed by atoms with van der Waals surface area (Å²) in [6.45, 7) is 0. The van der Waals surface area contributed by atoms with E-state index in [9.17, 15) is 4.79 Å². The third kappa shape index (κ3) is 2.72. The van der Waals surface area contributed by atoms with Crippen LogP contribution in [0, 0.1) is 0 Å². The van der Waals surface area contributed by atoms with Crippen LogP contribution in [0.25, 0.3) is 11.3 Å². The average Bonchev–Trinajstić information content (AvgIpc) is 2.69. The number of carbonyl (C=O) groups is 1. The first kappa shape index (κ1) is 11.4. The molecule has 0 spiro atoms. The molecule has 0 aliphatic heterocycles. The summed E-state index contributed by atoms with van der Waals surface area (Å²) < 4.78 is 1.88. The van der Waals surface area contributed by atoms with Crippen molar-refractivity contribution in [1.29, 1.82) is 0 Å². The molecule has 0 amide bonds. The van der Waals surface area contributed by atoms with E-state index >= 15 is 0 Å². The molecule has 4 heteroatoms. The molecule has 17 heavy (non-hydrogen) atoms. The van der Waals surface area contributed by atoms with Crippen molar-refractivity contribution in [3.05, 3.63) is 42.4 Å². The van der Waals surface area contributed by atoms with Gasteiger partial charge in [0.1, 0.15) is 5.82 Å². The van der Waals surface area contributed by atoms with Gasteiger partial charge in [-0.3, -0.25) is 4.79 Å². The highest BCUT2D eigenvalue weighted by Gasteiger charge is 2.08. The zero-order chi connectivity index (χ0) is 12.3. The van der Waals surface area contributed by atoms with E-state index < -0.39 is 5.97 Å². The lowest BCUT2D eigenvalue weighted by molar-refractivity contribution is -0.137. The van der Waals surface area contributed by atoms with Crippen molar-refractivity contribution in [2.45, 2.75) is 12.8 Å². The van der Waals surface area contributed by atoms with Crippen molar-refractivity contribution in [1.82, 2.24) is 9.55 Å². The third-order valence-electron chi connectivity index (χ3n) is 2.60. The van der Waals surface area contributed by atoms with E-state index in [0.717, 1.165) is 17.1 Å². The Hall–Kier alpha value is -2.10. The maximum Gasteiger partial charge on any atom is 0.303 e. The smallest absolute Gasteiger partial charge is 0.303 e. The molecule has 0 aliphatic rings. The molecule has 0 unspecified atom stereocenters. The molecule has 1 aromatic heterocycles. The van der Waals surface area contributed by atoms with Crippen LogP contribution in [0.1, 0.15) is 12.2 Å². The normalized spacial score (nSPS) is 10.4. The van der Waals surface area contributed by atoms with Crippen LogP contribution in [-0.2, 0) is 18.3 Å². The first-order chi connectivity index (χ1) is 8.16. The summed E-state index contributed by atoms with van der Waals surface area (Å²) in [7, 11) is 1.89. The maximum atomic E-state index is 10.5. The molecule has 2 aromatic rings. The number of aromatic nitrogens is 2. The van der Waals surface area contributed by atoms with Crippen LogP contribution in [-0.4, -0.2) is 20.6 Å². The van der Waals surface area contributed by atoms with E-state index in [4.69, 9.17) is 5.11 Å². The van der Waals surface area contributed by atoms with Gasteiger partial charge in [-0.05, 0) is 0 Å². The second kappa shape index (κ2) is 4.82. The summed E-state index contributed by atoms with van der Waals surface area (Å²) in [6.07, 6.45) is 2.49. The lowest BCUT2D eigenvalue weighted by atomic mass is 10.2. The van der Waals surface area contributed by atoms with Crippen LogP contribution in [0.4, 0.5) is 0 Å². The standard InChI is InChI=1S/C13H14N2O2/c1-15-9-11(10-5-3-2-4-6-10)14-12(15)7-8-13(16)17/h2-6,9H,7-8H2,1H3,(H,16,17). The molecular formula is C13H14N2O2. The summed E-state index contributed by atoms with van der Waals surface area (Å²) in [6, 6.07) is 9.85. The van der Waals surface area contributed by atoms with Crippen LogP contribution in [0.15, 0.2) is 36.5 Å². The summed E-state index contributed by atoms with van der Waals surface area (Å²) in [4.78, 5) is 15.0. The molecule has 4 nitrogen and oxygen atoms in total. The molecule has 1 aromatic carbocycles. The molecule has 0 aliphatic carbocycles. The van der Waals surface area contributed by atoms with Gasteiger partial charge < -0.3 is 9.67 Å². The predicted octanol–water partition coefficient (Wildman–Crippen LogP) is 2.10. The van der Waals surface area contributed by atoms with Crippen LogP contribution < -0.4 is 0 Å². The highest BCUT2D eigenvalue weighted by atomic mass is 16.4. The number of imidazole rings is 1. The maximum absolute atomic E-state index is 10.5. The minimum atomic E-state index is -0.797. The number of benzene rings is 1. The fraction of sp³-hybridized carbons (Fsp3) is 0.231. The summed E-state index contributed by atoms with van der Waals surface area (Å²) in [5.41, 5.74) is 1.93. The van der Waals surface area contributed by atoms with E-state index in [1.54, 1.807) is 0 Å². The van der Waals surface area contributed by atoms with Crippen molar-refractivity contribution in [3.63, 3.8) is 0 Å². The number of hydrogen-bond acceptors (Lipinski definition) is 2. The van der Waals surface area contributed by atoms with Gasteiger partial charge in [0, 0.05) is 25.2 Å². The number of rotatable bonds is 4. The fourth-order valence-electron chi connectivity index (χ4n) is 1.70.